The molecule has 23 heavy (non-hydrogen) atoms. The Labute approximate surface area is 150 Å². The Hall–Kier alpha value is -1.18. The van der Waals surface area contributed by atoms with E-state index in [1.807, 2.05) is 18.2 Å². The van der Waals surface area contributed by atoms with E-state index in [2.05, 4.69) is 25.9 Å². The summed E-state index contributed by atoms with van der Waals surface area (Å²) in [5, 5.41) is 0.945. The van der Waals surface area contributed by atoms with Crippen LogP contribution in [0.25, 0.3) is 10.9 Å². The molecule has 1 aromatic carbocycles. The zero-order chi connectivity index (χ0) is 16.6. The van der Waals surface area contributed by atoms with Crippen molar-refractivity contribution < 1.29 is 9.59 Å². The third-order valence-electron chi connectivity index (χ3n) is 3.61. The van der Waals surface area contributed by atoms with Gasteiger partial charge in [-0.3, -0.25) is 14.5 Å². The lowest BCUT2D eigenvalue weighted by Gasteiger charge is -2.18. The van der Waals surface area contributed by atoms with E-state index in [1.54, 1.807) is 4.90 Å². The molecule has 1 aliphatic rings. The summed E-state index contributed by atoms with van der Waals surface area (Å²) in [7, 11) is 0. The maximum absolute atomic E-state index is 12.4. The van der Waals surface area contributed by atoms with Gasteiger partial charge in [0.1, 0.15) is 5.82 Å². The van der Waals surface area contributed by atoms with Crippen LogP contribution in [0.5, 0.6) is 0 Å². The molecule has 1 aliphatic heterocycles. The number of nitrogens with zero attached hydrogens (tertiary/aromatic N) is 3. The van der Waals surface area contributed by atoms with Crippen molar-refractivity contribution in [1.82, 2.24) is 9.97 Å². The lowest BCUT2D eigenvalue weighted by molar-refractivity contribution is -0.117. The van der Waals surface area contributed by atoms with Gasteiger partial charge < -0.3 is 0 Å². The molecule has 1 fully saturated rings. The highest BCUT2D eigenvalue weighted by Crippen LogP contribution is 2.34. The second-order valence-corrected chi connectivity index (χ2v) is 7.72. The minimum atomic E-state index is -0.00445. The topological polar surface area (TPSA) is 63.2 Å². The summed E-state index contributed by atoms with van der Waals surface area (Å²) in [6.45, 7) is 2.07. The van der Waals surface area contributed by atoms with Gasteiger partial charge in [0.25, 0.3) is 0 Å². The van der Waals surface area contributed by atoms with Crippen molar-refractivity contribution in [3.05, 3.63) is 28.0 Å². The van der Waals surface area contributed by atoms with E-state index in [9.17, 15) is 9.59 Å². The zero-order valence-corrected chi connectivity index (χ0v) is 15.4. The van der Waals surface area contributed by atoms with Gasteiger partial charge in [0.2, 0.25) is 11.2 Å². The largest absolute Gasteiger partial charge is 0.296 e. The van der Waals surface area contributed by atoms with E-state index in [4.69, 9.17) is 11.6 Å². The van der Waals surface area contributed by atoms with Crippen molar-refractivity contribution in [2.45, 2.75) is 13.3 Å². The SMILES string of the molecule is CC(=O)SCC1CC(=O)N(c2nc(Cl)nc3c(Br)cccc23)C1. The summed E-state index contributed by atoms with van der Waals surface area (Å²) in [6, 6.07) is 5.61. The van der Waals surface area contributed by atoms with E-state index in [-0.39, 0.29) is 22.2 Å². The van der Waals surface area contributed by atoms with Gasteiger partial charge in [0.05, 0.1) is 5.52 Å². The van der Waals surface area contributed by atoms with Crippen LogP contribution in [-0.2, 0) is 9.59 Å². The molecular formula is C15H13BrClN3O2S. The van der Waals surface area contributed by atoms with E-state index >= 15 is 0 Å². The van der Waals surface area contributed by atoms with Gasteiger partial charge in [-0.2, -0.15) is 4.98 Å². The maximum Gasteiger partial charge on any atom is 0.228 e. The van der Waals surface area contributed by atoms with Crippen LogP contribution in [0.3, 0.4) is 0 Å². The summed E-state index contributed by atoms with van der Waals surface area (Å²) in [5.74, 6) is 1.29. The number of hydrogen-bond donors (Lipinski definition) is 0. The van der Waals surface area contributed by atoms with E-state index in [0.717, 1.165) is 9.86 Å². The zero-order valence-electron chi connectivity index (χ0n) is 12.3. The first-order chi connectivity index (χ1) is 11.0. The van der Waals surface area contributed by atoms with Crippen LogP contribution in [0, 0.1) is 5.92 Å². The van der Waals surface area contributed by atoms with Crippen LogP contribution in [-0.4, -0.2) is 33.3 Å². The number of anilines is 1. The Balaban J connectivity index is 1.95. The molecule has 2 heterocycles. The van der Waals surface area contributed by atoms with Gasteiger partial charge in [0.15, 0.2) is 5.12 Å². The highest BCUT2D eigenvalue weighted by Gasteiger charge is 2.33. The molecule has 2 aromatic rings. The molecule has 0 bridgehead atoms. The van der Waals surface area contributed by atoms with Gasteiger partial charge >= 0.3 is 0 Å². The Bertz CT molecular complexity index is 802. The number of aromatic nitrogens is 2. The molecule has 0 saturated carbocycles. The molecule has 1 saturated heterocycles. The molecule has 0 aliphatic carbocycles. The van der Waals surface area contributed by atoms with Gasteiger partial charge in [-0.05, 0) is 45.6 Å². The number of amides is 1. The monoisotopic (exact) mass is 413 g/mol. The van der Waals surface area contributed by atoms with Gasteiger partial charge in [-0.25, -0.2) is 4.98 Å². The van der Waals surface area contributed by atoms with Crippen LogP contribution in [0.15, 0.2) is 22.7 Å². The number of carbonyl (C=O) groups excluding carboxylic acids is 2. The predicted octanol–water partition coefficient (Wildman–Crippen LogP) is 3.68. The van der Waals surface area contributed by atoms with Crippen LogP contribution >= 0.6 is 39.3 Å². The molecule has 1 amide bonds. The molecule has 1 aromatic heterocycles. The second-order valence-electron chi connectivity index (χ2n) is 5.33. The number of benzene rings is 1. The first kappa shape index (κ1) is 16.7. The summed E-state index contributed by atoms with van der Waals surface area (Å²) < 4.78 is 0.802. The normalized spacial score (nSPS) is 18.0. The second kappa shape index (κ2) is 6.75. The smallest absolute Gasteiger partial charge is 0.228 e. The standard InChI is InChI=1S/C15H13BrClN3O2S/c1-8(21)23-7-9-5-12(22)20(6-9)14-10-3-2-4-11(16)13(10)18-15(17)19-14/h2-4,9H,5-7H2,1H3. The van der Waals surface area contributed by atoms with Gasteiger partial charge in [-0.15, -0.1) is 0 Å². The third kappa shape index (κ3) is 3.51. The number of thioether (sulfide) groups is 1. The molecule has 1 unspecified atom stereocenters. The van der Waals surface area contributed by atoms with Crippen molar-refractivity contribution in [3.63, 3.8) is 0 Å². The first-order valence-corrected chi connectivity index (χ1v) is 9.17. The van der Waals surface area contributed by atoms with Crippen molar-refractivity contribution in [1.29, 1.82) is 0 Å². The molecule has 3 rings (SSSR count). The highest BCUT2D eigenvalue weighted by atomic mass is 79.9. The van der Waals surface area contributed by atoms with Crippen LogP contribution in [0.1, 0.15) is 13.3 Å². The number of hydrogen-bond acceptors (Lipinski definition) is 5. The molecule has 8 heteroatoms. The summed E-state index contributed by atoms with van der Waals surface area (Å²) in [6.07, 6.45) is 0.414. The van der Waals surface area contributed by atoms with Crippen LogP contribution in [0.2, 0.25) is 5.28 Å². The summed E-state index contributed by atoms with van der Waals surface area (Å²) in [5.41, 5.74) is 0.678. The number of carbonyl (C=O) groups is 2. The fourth-order valence-electron chi connectivity index (χ4n) is 2.61. The quantitative estimate of drug-likeness (QED) is 0.717. The summed E-state index contributed by atoms with van der Waals surface area (Å²) >= 11 is 10.7. The molecule has 5 nitrogen and oxygen atoms in total. The predicted molar refractivity (Wildman–Crippen MR) is 95.8 cm³/mol. The Kier molecular flexibility index (Phi) is 4.89. The maximum atomic E-state index is 12.4. The van der Waals surface area contributed by atoms with Gasteiger partial charge in [-0.1, -0.05) is 17.8 Å². The first-order valence-electron chi connectivity index (χ1n) is 7.01. The van der Waals surface area contributed by atoms with Crippen molar-refractivity contribution in [2.24, 2.45) is 5.92 Å². The minimum absolute atomic E-state index is 0.00445. The molecule has 120 valence electrons. The molecule has 0 radical (unpaired) electrons. The number of rotatable bonds is 3. The fourth-order valence-corrected chi connectivity index (χ4v) is 3.93. The van der Waals surface area contributed by atoms with E-state index < -0.39 is 0 Å². The number of halogens is 2. The molecular weight excluding hydrogens is 402 g/mol. The lowest BCUT2D eigenvalue weighted by Crippen LogP contribution is -2.26. The fraction of sp³-hybridized carbons (Fsp3) is 0.333. The summed E-state index contributed by atoms with van der Waals surface area (Å²) in [4.78, 5) is 33.6. The van der Waals surface area contributed by atoms with Gasteiger partial charge in [0, 0.05) is 35.5 Å². The van der Waals surface area contributed by atoms with Crippen molar-refractivity contribution in [3.8, 4) is 0 Å². The molecule has 0 N–H and O–H groups in total. The van der Waals surface area contributed by atoms with E-state index in [1.165, 1.54) is 18.7 Å². The lowest BCUT2D eigenvalue weighted by atomic mass is 10.1. The van der Waals surface area contributed by atoms with Crippen molar-refractivity contribution in [2.75, 3.05) is 17.2 Å². The molecule has 1 atom stereocenters. The number of fused-ring (bicyclic) bond motifs is 1. The highest BCUT2D eigenvalue weighted by molar-refractivity contribution is 9.10. The average Bonchev–Trinajstić information content (AvgIpc) is 2.86. The Morgan fingerprint density at radius 3 is 3.00 bits per heavy atom. The Morgan fingerprint density at radius 1 is 1.48 bits per heavy atom. The third-order valence-corrected chi connectivity index (χ3v) is 5.47. The van der Waals surface area contributed by atoms with Crippen molar-refractivity contribution >= 4 is 67.0 Å². The molecule has 0 spiro atoms. The average molecular weight is 415 g/mol. The number of para-hydroxylation sites is 1. The van der Waals surface area contributed by atoms with Crippen LogP contribution in [0.4, 0.5) is 5.82 Å². The van der Waals surface area contributed by atoms with E-state index in [0.29, 0.717) is 30.1 Å². The van der Waals surface area contributed by atoms with Crippen LogP contribution < -0.4 is 4.90 Å². The minimum Gasteiger partial charge on any atom is -0.296 e. The Morgan fingerprint density at radius 2 is 2.26 bits per heavy atom.